The van der Waals surface area contributed by atoms with Gasteiger partial charge in [-0.3, -0.25) is 4.79 Å². The molecule has 152 valence electrons. The zero-order valence-corrected chi connectivity index (χ0v) is 19.0. The van der Waals surface area contributed by atoms with E-state index < -0.39 is 11.7 Å². The van der Waals surface area contributed by atoms with E-state index in [-0.39, 0.29) is 15.6 Å². The van der Waals surface area contributed by atoms with Crippen LogP contribution in [0.5, 0.6) is 0 Å². The lowest BCUT2D eigenvalue weighted by atomic mass is 10.1. The Kier molecular flexibility index (Phi) is 6.67. The highest BCUT2D eigenvalue weighted by atomic mass is 79.9. The number of hydrogen-bond acceptors (Lipinski definition) is 2. The summed E-state index contributed by atoms with van der Waals surface area (Å²) in [5.74, 6) is -1.02. The van der Waals surface area contributed by atoms with Gasteiger partial charge in [0.2, 0.25) is 0 Å². The summed E-state index contributed by atoms with van der Waals surface area (Å²) in [5.41, 5.74) is 2.63. The first-order chi connectivity index (χ1) is 14.2. The van der Waals surface area contributed by atoms with Crippen LogP contribution in [0.15, 0.2) is 52.5 Å². The first-order valence-corrected chi connectivity index (χ1v) is 10.3. The zero-order valence-electron chi connectivity index (χ0n) is 15.9. The van der Waals surface area contributed by atoms with Gasteiger partial charge in [0.25, 0.3) is 5.91 Å². The molecule has 3 rings (SSSR count). The van der Waals surface area contributed by atoms with E-state index in [0.717, 1.165) is 5.69 Å². The molecule has 1 amide bonds. The van der Waals surface area contributed by atoms with E-state index in [4.69, 9.17) is 23.2 Å². The maximum Gasteiger partial charge on any atom is 0.266 e. The minimum absolute atomic E-state index is 0.123. The molecule has 0 aliphatic carbocycles. The van der Waals surface area contributed by atoms with Gasteiger partial charge in [0.05, 0.1) is 21.4 Å². The van der Waals surface area contributed by atoms with Gasteiger partial charge < -0.3 is 9.88 Å². The molecule has 0 saturated carbocycles. The number of aryl methyl sites for hydroxylation is 1. The van der Waals surface area contributed by atoms with E-state index in [1.807, 2.05) is 13.0 Å². The second kappa shape index (κ2) is 9.05. The SMILES string of the molecule is Cc1cc(/C=C(/C#N)C(=O)Nc2cccc(Cl)c2Cl)c(C)n1-c1ccc(Br)cc1F. The lowest BCUT2D eigenvalue weighted by Crippen LogP contribution is -2.13. The van der Waals surface area contributed by atoms with Gasteiger partial charge in [-0.25, -0.2) is 4.39 Å². The first-order valence-electron chi connectivity index (χ1n) is 8.74. The molecular formula is C22H15BrCl2FN3O. The van der Waals surface area contributed by atoms with Gasteiger partial charge in [-0.1, -0.05) is 45.2 Å². The molecule has 30 heavy (non-hydrogen) atoms. The zero-order chi connectivity index (χ0) is 22.0. The monoisotopic (exact) mass is 505 g/mol. The molecule has 0 aliphatic rings. The third-order valence-electron chi connectivity index (χ3n) is 4.49. The summed E-state index contributed by atoms with van der Waals surface area (Å²) in [4.78, 5) is 12.6. The van der Waals surface area contributed by atoms with Crippen molar-refractivity contribution in [1.82, 2.24) is 4.57 Å². The second-order valence-electron chi connectivity index (χ2n) is 6.48. The normalized spacial score (nSPS) is 11.3. The van der Waals surface area contributed by atoms with Crippen molar-refractivity contribution in [2.75, 3.05) is 5.32 Å². The number of nitriles is 1. The molecule has 2 aromatic carbocycles. The molecule has 0 aliphatic heterocycles. The number of nitrogens with one attached hydrogen (secondary N) is 1. The van der Waals surface area contributed by atoms with Gasteiger partial charge in [-0.15, -0.1) is 0 Å². The molecule has 0 bridgehead atoms. The van der Waals surface area contributed by atoms with Crippen molar-refractivity contribution in [1.29, 1.82) is 5.26 Å². The number of amides is 1. The van der Waals surface area contributed by atoms with Crippen LogP contribution in [0.3, 0.4) is 0 Å². The number of nitrogens with zero attached hydrogens (tertiary/aromatic N) is 2. The molecule has 0 unspecified atom stereocenters. The average molecular weight is 507 g/mol. The smallest absolute Gasteiger partial charge is 0.266 e. The predicted molar refractivity (Wildman–Crippen MR) is 122 cm³/mol. The molecule has 3 aromatic rings. The standard InChI is InChI=1S/C22H15BrCl2FN3O/c1-12-8-14(13(2)29(12)20-7-6-16(23)10-18(20)26)9-15(11-27)22(30)28-19-5-3-4-17(24)21(19)25/h3-10H,1-2H3,(H,28,30)/b15-9-. The number of halogens is 4. The molecular weight excluding hydrogens is 492 g/mol. The summed E-state index contributed by atoms with van der Waals surface area (Å²) in [7, 11) is 0. The minimum atomic E-state index is -0.624. The number of anilines is 1. The number of aromatic nitrogens is 1. The van der Waals surface area contributed by atoms with E-state index in [1.54, 1.807) is 47.9 Å². The fraction of sp³-hybridized carbons (Fsp3) is 0.0909. The average Bonchev–Trinajstić information content (AvgIpc) is 2.97. The fourth-order valence-electron chi connectivity index (χ4n) is 3.06. The maximum absolute atomic E-state index is 14.5. The molecule has 1 aromatic heterocycles. The van der Waals surface area contributed by atoms with Crippen LogP contribution in [0, 0.1) is 31.0 Å². The van der Waals surface area contributed by atoms with E-state index >= 15 is 0 Å². The summed E-state index contributed by atoms with van der Waals surface area (Å²) < 4.78 is 16.8. The second-order valence-corrected chi connectivity index (χ2v) is 8.18. The molecule has 1 heterocycles. The van der Waals surface area contributed by atoms with Crippen LogP contribution in [-0.4, -0.2) is 10.5 Å². The number of benzene rings is 2. The number of hydrogen-bond donors (Lipinski definition) is 1. The Balaban J connectivity index is 1.98. The van der Waals surface area contributed by atoms with E-state index in [1.165, 1.54) is 12.1 Å². The van der Waals surface area contributed by atoms with E-state index in [0.29, 0.717) is 27.1 Å². The summed E-state index contributed by atoms with van der Waals surface area (Å²) in [6.45, 7) is 3.62. The Labute approximate surface area is 191 Å². The summed E-state index contributed by atoms with van der Waals surface area (Å²) in [5, 5.41) is 12.6. The Morgan fingerprint density at radius 1 is 1.23 bits per heavy atom. The number of rotatable bonds is 4. The Bertz CT molecular complexity index is 1230. The Morgan fingerprint density at radius 3 is 2.63 bits per heavy atom. The van der Waals surface area contributed by atoms with Crippen molar-refractivity contribution < 1.29 is 9.18 Å². The third-order valence-corrected chi connectivity index (χ3v) is 5.80. The van der Waals surface area contributed by atoms with Crippen LogP contribution in [0.25, 0.3) is 11.8 Å². The van der Waals surface area contributed by atoms with Crippen molar-refractivity contribution in [3.63, 3.8) is 0 Å². The van der Waals surface area contributed by atoms with Gasteiger partial charge >= 0.3 is 0 Å². The highest BCUT2D eigenvalue weighted by Gasteiger charge is 2.17. The largest absolute Gasteiger partial charge is 0.320 e. The predicted octanol–water partition coefficient (Wildman–Crippen LogP) is 6.85. The van der Waals surface area contributed by atoms with E-state index in [9.17, 15) is 14.4 Å². The van der Waals surface area contributed by atoms with Crippen LogP contribution in [0.1, 0.15) is 17.0 Å². The van der Waals surface area contributed by atoms with Crippen LogP contribution in [-0.2, 0) is 4.79 Å². The molecule has 0 atom stereocenters. The van der Waals surface area contributed by atoms with Crippen molar-refractivity contribution in [3.8, 4) is 11.8 Å². The minimum Gasteiger partial charge on any atom is -0.320 e. The quantitative estimate of drug-likeness (QED) is 0.310. The van der Waals surface area contributed by atoms with Crippen molar-refractivity contribution in [3.05, 3.63) is 85.3 Å². The fourth-order valence-corrected chi connectivity index (χ4v) is 3.74. The molecule has 1 N–H and O–H groups in total. The van der Waals surface area contributed by atoms with Crippen LogP contribution in [0.4, 0.5) is 10.1 Å². The first kappa shape index (κ1) is 22.1. The van der Waals surface area contributed by atoms with Gasteiger partial charge in [0.15, 0.2) is 0 Å². The molecule has 0 radical (unpaired) electrons. The van der Waals surface area contributed by atoms with Gasteiger partial charge in [0, 0.05) is 15.9 Å². The molecule has 0 saturated heterocycles. The molecule has 8 heteroatoms. The number of carbonyl (C=O) groups is 1. The summed E-state index contributed by atoms with van der Waals surface area (Å²) >= 11 is 15.3. The highest BCUT2D eigenvalue weighted by Crippen LogP contribution is 2.30. The van der Waals surface area contributed by atoms with Gasteiger partial charge in [0.1, 0.15) is 17.5 Å². The van der Waals surface area contributed by atoms with E-state index in [2.05, 4.69) is 21.2 Å². The third kappa shape index (κ3) is 4.44. The lowest BCUT2D eigenvalue weighted by molar-refractivity contribution is -0.112. The van der Waals surface area contributed by atoms with Crippen LogP contribution in [0.2, 0.25) is 10.0 Å². The Hall–Kier alpha value is -2.59. The molecule has 0 spiro atoms. The molecule has 4 nitrogen and oxygen atoms in total. The summed E-state index contributed by atoms with van der Waals surface area (Å²) in [6, 6.07) is 13.3. The number of carbonyl (C=O) groups excluding carboxylic acids is 1. The van der Waals surface area contributed by atoms with Crippen LogP contribution >= 0.6 is 39.1 Å². The van der Waals surface area contributed by atoms with Crippen molar-refractivity contribution >= 4 is 56.8 Å². The van der Waals surface area contributed by atoms with Gasteiger partial charge in [-0.2, -0.15) is 5.26 Å². The topological polar surface area (TPSA) is 57.8 Å². The maximum atomic E-state index is 14.5. The Morgan fingerprint density at radius 2 is 1.97 bits per heavy atom. The van der Waals surface area contributed by atoms with Crippen molar-refractivity contribution in [2.45, 2.75) is 13.8 Å². The summed E-state index contributed by atoms with van der Waals surface area (Å²) in [6.07, 6.45) is 1.46. The molecule has 0 fully saturated rings. The lowest BCUT2D eigenvalue weighted by Gasteiger charge is -2.11. The highest BCUT2D eigenvalue weighted by molar-refractivity contribution is 9.10. The van der Waals surface area contributed by atoms with Crippen molar-refractivity contribution in [2.24, 2.45) is 0 Å². The van der Waals surface area contributed by atoms with Crippen LogP contribution < -0.4 is 5.32 Å². The van der Waals surface area contributed by atoms with Gasteiger partial charge in [-0.05, 0) is 61.9 Å².